The van der Waals surface area contributed by atoms with Crippen molar-refractivity contribution in [1.29, 1.82) is 0 Å². The van der Waals surface area contributed by atoms with Crippen molar-refractivity contribution in [2.75, 3.05) is 6.61 Å². The van der Waals surface area contributed by atoms with Gasteiger partial charge in [-0.05, 0) is 30.3 Å². The molecule has 3 aromatic rings. The topological polar surface area (TPSA) is 107 Å². The van der Waals surface area contributed by atoms with E-state index in [-0.39, 0.29) is 17.3 Å². The number of para-hydroxylation sites is 1. The maximum Gasteiger partial charge on any atom is 0.277 e. The number of carbonyl (C=O) groups is 1. The van der Waals surface area contributed by atoms with Gasteiger partial charge in [0.05, 0.1) is 16.2 Å². The first-order chi connectivity index (χ1) is 13.5. The minimum absolute atomic E-state index is 0.109. The number of hydrogen-bond acceptors (Lipinski definition) is 6. The molecule has 1 heterocycles. The van der Waals surface area contributed by atoms with E-state index in [9.17, 15) is 14.9 Å². The average molecular weight is 400 g/mol. The van der Waals surface area contributed by atoms with Crippen LogP contribution in [-0.4, -0.2) is 23.7 Å². The molecule has 3 rings (SSSR count). The lowest BCUT2D eigenvalue weighted by Gasteiger charge is -2.03. The van der Waals surface area contributed by atoms with E-state index >= 15 is 0 Å². The summed E-state index contributed by atoms with van der Waals surface area (Å²) in [5.74, 6) is 0.941. The van der Waals surface area contributed by atoms with E-state index in [1.807, 2.05) is 6.07 Å². The Balaban J connectivity index is 1.57. The lowest BCUT2D eigenvalue weighted by atomic mass is 10.1. The molecule has 9 heteroatoms. The number of nitrogens with zero attached hydrogens (tertiary/aromatic N) is 2. The van der Waals surface area contributed by atoms with Crippen molar-refractivity contribution in [1.82, 2.24) is 5.43 Å². The lowest BCUT2D eigenvalue weighted by Crippen LogP contribution is -2.24. The molecule has 1 aromatic heterocycles. The van der Waals surface area contributed by atoms with Crippen molar-refractivity contribution in [2.24, 2.45) is 5.10 Å². The highest BCUT2D eigenvalue weighted by Gasteiger charge is 2.13. The Morgan fingerprint density at radius 3 is 2.71 bits per heavy atom. The van der Waals surface area contributed by atoms with Gasteiger partial charge in [0.1, 0.15) is 17.3 Å². The predicted molar refractivity (Wildman–Crippen MR) is 103 cm³/mol. The van der Waals surface area contributed by atoms with Crippen molar-refractivity contribution in [3.05, 3.63) is 81.6 Å². The van der Waals surface area contributed by atoms with Crippen molar-refractivity contribution < 1.29 is 18.9 Å². The zero-order valence-corrected chi connectivity index (χ0v) is 15.1. The van der Waals surface area contributed by atoms with E-state index < -0.39 is 10.8 Å². The van der Waals surface area contributed by atoms with Gasteiger partial charge in [-0.15, -0.1) is 0 Å². The highest BCUT2D eigenvalue weighted by atomic mass is 35.5. The van der Waals surface area contributed by atoms with Crippen LogP contribution in [0.2, 0.25) is 5.02 Å². The molecular formula is C19H14ClN3O5. The summed E-state index contributed by atoms with van der Waals surface area (Å²) in [6.45, 7) is -0.177. The normalized spacial score (nSPS) is 10.8. The smallest absolute Gasteiger partial charge is 0.277 e. The number of ether oxygens (including phenoxy) is 1. The molecule has 0 saturated heterocycles. The van der Waals surface area contributed by atoms with Gasteiger partial charge in [0.15, 0.2) is 6.61 Å². The number of nitro groups is 1. The Morgan fingerprint density at radius 2 is 2.00 bits per heavy atom. The molecule has 0 aliphatic carbocycles. The standard InChI is InChI=1S/C19H14ClN3O5/c20-17-10-13(23(25)26)6-8-16(17)18-9-7-15(28-18)11-21-22-19(24)12-27-14-4-2-1-3-5-14/h1-11H,12H2,(H,22,24)/b21-11+. The minimum Gasteiger partial charge on any atom is -0.484 e. The summed E-state index contributed by atoms with van der Waals surface area (Å²) in [4.78, 5) is 22.0. The number of hydrazone groups is 1. The predicted octanol–water partition coefficient (Wildman–Crippen LogP) is 4.04. The minimum atomic E-state index is -0.528. The van der Waals surface area contributed by atoms with Gasteiger partial charge < -0.3 is 9.15 Å². The zero-order chi connectivity index (χ0) is 19.9. The number of hydrogen-bond donors (Lipinski definition) is 1. The molecule has 8 nitrogen and oxygen atoms in total. The first-order valence-electron chi connectivity index (χ1n) is 8.07. The van der Waals surface area contributed by atoms with E-state index in [2.05, 4.69) is 10.5 Å². The summed E-state index contributed by atoms with van der Waals surface area (Å²) < 4.78 is 10.9. The third-order valence-electron chi connectivity index (χ3n) is 3.55. The molecule has 0 radical (unpaired) electrons. The van der Waals surface area contributed by atoms with Crippen LogP contribution in [0.1, 0.15) is 5.76 Å². The molecule has 28 heavy (non-hydrogen) atoms. The second-order valence-corrected chi connectivity index (χ2v) is 5.93. The molecular weight excluding hydrogens is 386 g/mol. The summed E-state index contributed by atoms with van der Waals surface area (Å²) in [6, 6.07) is 16.3. The second kappa shape index (κ2) is 8.83. The SMILES string of the molecule is O=C(COc1ccccc1)N/N=C/c1ccc(-c2ccc([N+](=O)[O-])cc2Cl)o1. The maximum atomic E-state index is 11.7. The molecule has 0 spiro atoms. The Morgan fingerprint density at radius 1 is 1.21 bits per heavy atom. The van der Waals surface area contributed by atoms with Crippen LogP contribution in [0.5, 0.6) is 5.75 Å². The summed E-state index contributed by atoms with van der Waals surface area (Å²) >= 11 is 6.08. The number of non-ortho nitro benzene ring substituents is 1. The van der Waals surface area contributed by atoms with Crippen LogP contribution < -0.4 is 10.2 Å². The van der Waals surface area contributed by atoms with Crippen LogP contribution in [0.25, 0.3) is 11.3 Å². The monoisotopic (exact) mass is 399 g/mol. The quantitative estimate of drug-likeness (QED) is 0.366. The van der Waals surface area contributed by atoms with Crippen molar-refractivity contribution >= 4 is 29.4 Å². The number of benzene rings is 2. The van der Waals surface area contributed by atoms with Crippen LogP contribution >= 0.6 is 11.6 Å². The van der Waals surface area contributed by atoms with E-state index in [4.69, 9.17) is 20.8 Å². The highest BCUT2D eigenvalue weighted by Crippen LogP contribution is 2.31. The maximum absolute atomic E-state index is 11.7. The number of amides is 1. The first kappa shape index (κ1) is 19.1. The van der Waals surface area contributed by atoms with E-state index in [0.29, 0.717) is 22.8 Å². The van der Waals surface area contributed by atoms with E-state index in [1.54, 1.807) is 36.4 Å². The van der Waals surface area contributed by atoms with Gasteiger partial charge in [-0.3, -0.25) is 14.9 Å². The summed E-state index contributed by atoms with van der Waals surface area (Å²) in [5.41, 5.74) is 2.72. The van der Waals surface area contributed by atoms with Crippen molar-refractivity contribution in [2.45, 2.75) is 0 Å². The molecule has 1 amide bonds. The Hall–Kier alpha value is -3.65. The number of rotatable bonds is 7. The number of nitro benzene ring substituents is 1. The fraction of sp³-hybridized carbons (Fsp3) is 0.0526. The average Bonchev–Trinajstić information content (AvgIpc) is 3.15. The van der Waals surface area contributed by atoms with E-state index in [0.717, 1.165) is 0 Å². The molecule has 142 valence electrons. The van der Waals surface area contributed by atoms with Gasteiger partial charge in [0.25, 0.3) is 11.6 Å². The summed E-state index contributed by atoms with van der Waals surface area (Å²) in [6.07, 6.45) is 1.32. The number of halogens is 1. The lowest BCUT2D eigenvalue weighted by molar-refractivity contribution is -0.384. The van der Waals surface area contributed by atoms with Crippen LogP contribution in [0.3, 0.4) is 0 Å². The third kappa shape index (κ3) is 4.95. The molecule has 0 bridgehead atoms. The molecule has 1 N–H and O–H groups in total. The van der Waals surface area contributed by atoms with Gasteiger partial charge in [0.2, 0.25) is 0 Å². The Kier molecular flexibility index (Phi) is 6.03. The second-order valence-electron chi connectivity index (χ2n) is 5.52. The van der Waals surface area contributed by atoms with Gasteiger partial charge in [-0.25, -0.2) is 5.43 Å². The van der Waals surface area contributed by atoms with Crippen LogP contribution in [0.15, 0.2) is 70.2 Å². The molecule has 0 fully saturated rings. The highest BCUT2D eigenvalue weighted by molar-refractivity contribution is 6.33. The molecule has 0 aliphatic rings. The fourth-order valence-electron chi connectivity index (χ4n) is 2.25. The van der Waals surface area contributed by atoms with Gasteiger partial charge in [-0.2, -0.15) is 5.10 Å². The van der Waals surface area contributed by atoms with Crippen LogP contribution in [-0.2, 0) is 4.79 Å². The van der Waals surface area contributed by atoms with Crippen molar-refractivity contribution in [3.63, 3.8) is 0 Å². The number of nitrogens with one attached hydrogen (secondary N) is 1. The molecule has 0 aliphatic heterocycles. The molecule has 0 atom stereocenters. The Labute approximate surface area is 164 Å². The molecule has 0 saturated carbocycles. The fourth-order valence-corrected chi connectivity index (χ4v) is 2.52. The van der Waals surface area contributed by atoms with Crippen molar-refractivity contribution in [3.8, 4) is 17.1 Å². The van der Waals surface area contributed by atoms with Gasteiger partial charge in [-0.1, -0.05) is 29.8 Å². The van der Waals surface area contributed by atoms with Crippen LogP contribution in [0, 0.1) is 10.1 Å². The molecule has 0 unspecified atom stereocenters. The van der Waals surface area contributed by atoms with Gasteiger partial charge >= 0.3 is 0 Å². The zero-order valence-electron chi connectivity index (χ0n) is 14.4. The summed E-state index contributed by atoms with van der Waals surface area (Å²) in [5, 5.41) is 14.8. The number of furan rings is 1. The summed E-state index contributed by atoms with van der Waals surface area (Å²) in [7, 11) is 0. The largest absolute Gasteiger partial charge is 0.484 e. The third-order valence-corrected chi connectivity index (χ3v) is 3.86. The Bertz CT molecular complexity index is 1020. The molecule has 2 aromatic carbocycles. The van der Waals surface area contributed by atoms with E-state index in [1.165, 1.54) is 24.4 Å². The van der Waals surface area contributed by atoms with Gasteiger partial charge in [0, 0.05) is 17.7 Å². The van der Waals surface area contributed by atoms with Crippen LogP contribution in [0.4, 0.5) is 5.69 Å². The first-order valence-corrected chi connectivity index (χ1v) is 8.44. The number of carbonyl (C=O) groups excluding carboxylic acids is 1.